The third-order valence-electron chi connectivity index (χ3n) is 3.44. The number of aliphatic hydroxyl groups is 1. The van der Waals surface area contributed by atoms with Gasteiger partial charge in [0.25, 0.3) is 0 Å². The second-order valence-corrected chi connectivity index (χ2v) is 8.76. The molecule has 0 amide bonds. The SMILES string of the molecule is CC(CO)N1CC(S(N)(=O)=O)C1.Cl.NS(=O)(=O)C1CNC1. The molecule has 0 aromatic rings. The van der Waals surface area contributed by atoms with Crippen molar-refractivity contribution in [2.45, 2.75) is 23.5 Å². The first kappa shape index (κ1) is 21.0. The summed E-state index contributed by atoms with van der Waals surface area (Å²) in [6.45, 7) is 3.81. The average molecular weight is 367 g/mol. The standard InChI is InChI=1S/C6H14N2O3S.C3H8N2O2S.ClH/c1-5(4-9)8-2-6(3-8)12(7,10)11;4-8(6,7)3-1-5-2-3;/h5-6,9H,2-4H2,1H3,(H2,7,10,11);3,5H,1-2H2,(H2,4,6,7);1H. The molecule has 0 saturated carbocycles. The summed E-state index contributed by atoms with van der Waals surface area (Å²) in [6.07, 6.45) is 0. The molecule has 21 heavy (non-hydrogen) atoms. The topological polar surface area (TPSA) is 156 Å². The van der Waals surface area contributed by atoms with Crippen molar-refractivity contribution >= 4 is 32.5 Å². The molecule has 0 spiro atoms. The average Bonchev–Trinajstić information content (AvgIpc) is 2.07. The molecule has 2 aliphatic rings. The van der Waals surface area contributed by atoms with E-state index in [-0.39, 0.29) is 30.3 Å². The summed E-state index contributed by atoms with van der Waals surface area (Å²) in [4.78, 5) is 1.88. The van der Waals surface area contributed by atoms with Crippen LogP contribution in [0.15, 0.2) is 0 Å². The lowest BCUT2D eigenvalue weighted by atomic mass is 10.1. The first-order valence-corrected chi connectivity index (χ1v) is 9.36. The first-order valence-electron chi connectivity index (χ1n) is 6.14. The summed E-state index contributed by atoms with van der Waals surface area (Å²) < 4.78 is 42.2. The number of hydrogen-bond acceptors (Lipinski definition) is 7. The number of nitrogens with one attached hydrogen (secondary N) is 1. The molecule has 2 heterocycles. The highest BCUT2D eigenvalue weighted by molar-refractivity contribution is 7.90. The molecular weight excluding hydrogens is 344 g/mol. The molecule has 9 nitrogen and oxygen atoms in total. The highest BCUT2D eigenvalue weighted by Crippen LogP contribution is 2.16. The monoisotopic (exact) mass is 366 g/mol. The van der Waals surface area contributed by atoms with Gasteiger partial charge in [0.1, 0.15) is 5.25 Å². The van der Waals surface area contributed by atoms with Gasteiger partial charge in [-0.2, -0.15) is 0 Å². The Hall–Kier alpha value is -0.0100. The van der Waals surface area contributed by atoms with Crippen molar-refractivity contribution in [2.24, 2.45) is 10.3 Å². The first-order chi connectivity index (χ1) is 9.05. The Morgan fingerprint density at radius 2 is 1.57 bits per heavy atom. The van der Waals surface area contributed by atoms with Crippen LogP contribution in [0, 0.1) is 0 Å². The van der Waals surface area contributed by atoms with E-state index in [1.54, 1.807) is 0 Å². The summed E-state index contributed by atoms with van der Waals surface area (Å²) >= 11 is 0. The maximum Gasteiger partial charge on any atom is 0.214 e. The number of nitrogens with two attached hydrogens (primary N) is 2. The minimum atomic E-state index is -3.36. The van der Waals surface area contributed by atoms with Gasteiger partial charge < -0.3 is 10.4 Å². The zero-order valence-electron chi connectivity index (χ0n) is 11.7. The van der Waals surface area contributed by atoms with Crippen LogP contribution in [0.2, 0.25) is 0 Å². The van der Waals surface area contributed by atoms with E-state index < -0.39 is 25.3 Å². The predicted molar refractivity (Wildman–Crippen MR) is 82.0 cm³/mol. The lowest BCUT2D eigenvalue weighted by molar-refractivity contribution is 0.0849. The van der Waals surface area contributed by atoms with Gasteiger partial charge in [-0.05, 0) is 6.92 Å². The number of primary sulfonamides is 2. The lowest BCUT2D eigenvalue weighted by Gasteiger charge is -2.41. The van der Waals surface area contributed by atoms with Crippen LogP contribution >= 0.6 is 12.4 Å². The number of hydrogen-bond donors (Lipinski definition) is 4. The molecule has 12 heteroatoms. The van der Waals surface area contributed by atoms with Gasteiger partial charge in [-0.3, -0.25) is 4.90 Å². The number of rotatable bonds is 4. The number of aliphatic hydroxyl groups excluding tert-OH is 1. The largest absolute Gasteiger partial charge is 0.395 e. The third kappa shape index (κ3) is 6.32. The zero-order chi connectivity index (χ0) is 15.6. The molecule has 2 saturated heterocycles. The summed E-state index contributed by atoms with van der Waals surface area (Å²) in [5.41, 5.74) is 0. The van der Waals surface area contributed by atoms with Crippen molar-refractivity contribution in [3.8, 4) is 0 Å². The fraction of sp³-hybridized carbons (Fsp3) is 1.00. The molecule has 0 aromatic heterocycles. The molecule has 2 rings (SSSR count). The van der Waals surface area contributed by atoms with E-state index in [4.69, 9.17) is 15.4 Å². The Balaban J connectivity index is 0.000000390. The number of halogens is 1. The predicted octanol–water partition coefficient (Wildman–Crippen LogP) is -2.99. The van der Waals surface area contributed by atoms with E-state index in [0.717, 1.165) is 0 Å². The van der Waals surface area contributed by atoms with Crippen molar-refractivity contribution in [3.05, 3.63) is 0 Å². The third-order valence-corrected chi connectivity index (χ3v) is 5.93. The van der Waals surface area contributed by atoms with Gasteiger partial charge in [0.2, 0.25) is 20.0 Å². The summed E-state index contributed by atoms with van der Waals surface area (Å²) in [5, 5.41) is 20.5. The van der Waals surface area contributed by atoms with Crippen LogP contribution in [0.3, 0.4) is 0 Å². The Morgan fingerprint density at radius 1 is 1.14 bits per heavy atom. The summed E-state index contributed by atoms with van der Waals surface area (Å²) in [5.74, 6) is 0. The van der Waals surface area contributed by atoms with E-state index in [0.29, 0.717) is 26.2 Å². The van der Waals surface area contributed by atoms with Gasteiger partial charge in [0, 0.05) is 32.2 Å². The van der Waals surface area contributed by atoms with Gasteiger partial charge in [0.15, 0.2) is 0 Å². The van der Waals surface area contributed by atoms with E-state index in [1.807, 2.05) is 11.8 Å². The molecule has 0 bridgehead atoms. The minimum Gasteiger partial charge on any atom is -0.395 e. The van der Waals surface area contributed by atoms with E-state index in [9.17, 15) is 16.8 Å². The van der Waals surface area contributed by atoms with Crippen molar-refractivity contribution in [3.63, 3.8) is 0 Å². The van der Waals surface area contributed by atoms with Crippen LogP contribution in [0.5, 0.6) is 0 Å². The van der Waals surface area contributed by atoms with Crippen LogP contribution < -0.4 is 15.6 Å². The fourth-order valence-corrected chi connectivity index (χ4v) is 3.15. The zero-order valence-corrected chi connectivity index (χ0v) is 14.1. The van der Waals surface area contributed by atoms with Crippen molar-refractivity contribution in [2.75, 3.05) is 32.8 Å². The molecular formula is C9H23ClN4O5S2. The van der Waals surface area contributed by atoms with Gasteiger partial charge in [0.05, 0.1) is 11.9 Å². The maximum atomic E-state index is 10.8. The van der Waals surface area contributed by atoms with E-state index >= 15 is 0 Å². The van der Waals surface area contributed by atoms with Gasteiger partial charge in [-0.15, -0.1) is 12.4 Å². The number of sulfonamides is 2. The Labute approximate surface area is 131 Å². The summed E-state index contributed by atoms with van der Waals surface area (Å²) in [7, 11) is -6.59. The molecule has 2 aliphatic heterocycles. The highest BCUT2D eigenvalue weighted by atomic mass is 35.5. The maximum absolute atomic E-state index is 10.8. The second-order valence-electron chi connectivity index (χ2n) is 5.07. The van der Waals surface area contributed by atoms with Crippen LogP contribution in [0.4, 0.5) is 0 Å². The molecule has 1 unspecified atom stereocenters. The quantitative estimate of drug-likeness (QED) is 0.413. The van der Waals surface area contributed by atoms with Gasteiger partial charge >= 0.3 is 0 Å². The minimum absolute atomic E-state index is 0. The van der Waals surface area contributed by atoms with Crippen LogP contribution in [-0.4, -0.2) is 76.2 Å². The smallest absolute Gasteiger partial charge is 0.214 e. The van der Waals surface area contributed by atoms with Crippen LogP contribution in [-0.2, 0) is 20.0 Å². The molecule has 6 N–H and O–H groups in total. The van der Waals surface area contributed by atoms with Crippen LogP contribution in [0.1, 0.15) is 6.92 Å². The molecule has 0 aliphatic carbocycles. The second kappa shape index (κ2) is 8.02. The summed E-state index contributed by atoms with van der Waals surface area (Å²) in [6, 6.07) is 0.0306. The normalized spacial score (nSPS) is 22.1. The van der Waals surface area contributed by atoms with Crippen molar-refractivity contribution in [1.82, 2.24) is 10.2 Å². The van der Waals surface area contributed by atoms with Gasteiger partial charge in [-0.1, -0.05) is 0 Å². The van der Waals surface area contributed by atoms with Crippen LogP contribution in [0.25, 0.3) is 0 Å². The molecule has 128 valence electrons. The molecule has 1 atom stereocenters. The Kier molecular flexibility index (Phi) is 8.01. The Morgan fingerprint density at radius 3 is 1.76 bits per heavy atom. The molecule has 2 fully saturated rings. The number of likely N-dealkylation sites (tertiary alicyclic amines) is 1. The van der Waals surface area contributed by atoms with E-state index in [2.05, 4.69) is 5.32 Å². The lowest BCUT2D eigenvalue weighted by Crippen LogP contribution is -2.59. The van der Waals surface area contributed by atoms with Crippen molar-refractivity contribution in [1.29, 1.82) is 0 Å². The van der Waals surface area contributed by atoms with Gasteiger partial charge in [-0.25, -0.2) is 27.1 Å². The van der Waals surface area contributed by atoms with Crippen molar-refractivity contribution < 1.29 is 21.9 Å². The number of nitrogens with zero attached hydrogens (tertiary/aromatic N) is 1. The molecule has 0 aromatic carbocycles. The Bertz CT molecular complexity index is 516. The highest BCUT2D eigenvalue weighted by Gasteiger charge is 2.36. The fourth-order valence-electron chi connectivity index (χ4n) is 1.65. The molecule has 0 radical (unpaired) electrons. The van der Waals surface area contributed by atoms with E-state index in [1.165, 1.54) is 0 Å².